The monoisotopic (exact) mass is 486 g/mol. The largest absolute Gasteiger partial charge is 0.444 e. The van der Waals surface area contributed by atoms with E-state index in [0.29, 0.717) is 25.7 Å². The second-order valence-corrected chi connectivity index (χ2v) is 8.21. The van der Waals surface area contributed by atoms with Crippen LogP contribution in [0.15, 0.2) is 4.99 Å². The van der Waals surface area contributed by atoms with Crippen molar-refractivity contribution in [1.29, 1.82) is 0 Å². The number of carbonyl (C=O) groups excluding carboxylic acids is 1. The van der Waals surface area contributed by atoms with Gasteiger partial charge in [0, 0.05) is 38.0 Å². The zero-order chi connectivity index (χ0) is 18.2. The van der Waals surface area contributed by atoms with Crippen LogP contribution >= 0.6 is 35.7 Å². The number of amides is 1. The molecule has 2 unspecified atom stereocenters. The highest BCUT2D eigenvalue weighted by atomic mass is 127. The average Bonchev–Trinajstić information content (AvgIpc) is 2.96. The lowest BCUT2D eigenvalue weighted by Gasteiger charge is -2.27. The molecule has 6 nitrogen and oxygen atoms in total. The van der Waals surface area contributed by atoms with Crippen LogP contribution in [0.4, 0.5) is 4.79 Å². The van der Waals surface area contributed by atoms with Crippen molar-refractivity contribution in [3.05, 3.63) is 0 Å². The Morgan fingerprint density at radius 3 is 2.52 bits per heavy atom. The van der Waals surface area contributed by atoms with Gasteiger partial charge in [0.05, 0.1) is 0 Å². The first-order chi connectivity index (χ1) is 11.3. The van der Waals surface area contributed by atoms with Gasteiger partial charge in [-0.2, -0.15) is 11.8 Å². The summed E-state index contributed by atoms with van der Waals surface area (Å²) in [5.74, 6) is 0.807. The molecule has 1 aliphatic rings. The molecule has 0 spiro atoms. The van der Waals surface area contributed by atoms with E-state index in [1.165, 1.54) is 19.3 Å². The first-order valence-electron chi connectivity index (χ1n) is 8.77. The number of ether oxygens (including phenoxy) is 1. The molecule has 1 aliphatic carbocycles. The molecule has 0 radical (unpaired) electrons. The van der Waals surface area contributed by atoms with Crippen LogP contribution in [0, 0.1) is 0 Å². The summed E-state index contributed by atoms with van der Waals surface area (Å²) in [4.78, 5) is 18.1. The zero-order valence-corrected chi connectivity index (χ0v) is 19.6. The molecule has 1 saturated carbocycles. The molecule has 25 heavy (non-hydrogen) atoms. The molecule has 0 aliphatic heterocycles. The Balaban J connectivity index is 0.00000576. The Labute approximate surface area is 174 Å². The van der Waals surface area contributed by atoms with Gasteiger partial charge in [0.1, 0.15) is 5.60 Å². The summed E-state index contributed by atoms with van der Waals surface area (Å²) < 4.78 is 5.42. The minimum atomic E-state index is -0.466. The number of thioether (sulfide) groups is 1. The molecule has 2 N–H and O–H groups in total. The third-order valence-electron chi connectivity index (χ3n) is 3.99. The van der Waals surface area contributed by atoms with Crippen LogP contribution in [0.3, 0.4) is 0 Å². The second-order valence-electron chi connectivity index (χ2n) is 7.07. The molecule has 148 valence electrons. The maximum atomic E-state index is 12.1. The number of hydrogen-bond acceptors (Lipinski definition) is 4. The van der Waals surface area contributed by atoms with Crippen LogP contribution in [0.1, 0.15) is 47.0 Å². The highest BCUT2D eigenvalue weighted by molar-refractivity contribution is 14.0. The first-order valence-corrected chi connectivity index (χ1v) is 10.1. The van der Waals surface area contributed by atoms with Gasteiger partial charge in [-0.15, -0.1) is 24.0 Å². The number of halogens is 1. The van der Waals surface area contributed by atoms with E-state index >= 15 is 0 Å². The number of guanidine groups is 1. The highest BCUT2D eigenvalue weighted by Gasteiger charge is 2.24. The van der Waals surface area contributed by atoms with Gasteiger partial charge in [0.25, 0.3) is 0 Å². The molecule has 0 saturated heterocycles. The van der Waals surface area contributed by atoms with E-state index in [9.17, 15) is 4.79 Å². The molecule has 1 rings (SSSR count). The van der Waals surface area contributed by atoms with Crippen molar-refractivity contribution in [2.75, 3.05) is 32.9 Å². The van der Waals surface area contributed by atoms with Gasteiger partial charge >= 0.3 is 6.09 Å². The molecule has 0 heterocycles. The summed E-state index contributed by atoms with van der Waals surface area (Å²) in [6, 6.07) is 0.488. The van der Waals surface area contributed by atoms with E-state index in [1.807, 2.05) is 39.5 Å². The molecular formula is C17H35IN4O2S. The lowest BCUT2D eigenvalue weighted by atomic mass is 10.2. The van der Waals surface area contributed by atoms with Gasteiger partial charge in [-0.1, -0.05) is 0 Å². The third kappa shape index (κ3) is 9.77. The Kier molecular flexibility index (Phi) is 11.9. The van der Waals surface area contributed by atoms with Crippen molar-refractivity contribution in [3.8, 4) is 0 Å². The van der Waals surface area contributed by atoms with Crippen LogP contribution in [-0.2, 0) is 4.74 Å². The maximum absolute atomic E-state index is 12.1. The van der Waals surface area contributed by atoms with Crippen molar-refractivity contribution in [3.63, 3.8) is 0 Å². The lowest BCUT2D eigenvalue weighted by molar-refractivity contribution is 0.0264. The highest BCUT2D eigenvalue weighted by Crippen LogP contribution is 2.27. The molecule has 0 aromatic carbocycles. The van der Waals surface area contributed by atoms with Crippen LogP contribution in [0.5, 0.6) is 0 Å². The molecular weight excluding hydrogens is 451 g/mol. The molecule has 1 amide bonds. The van der Waals surface area contributed by atoms with Crippen molar-refractivity contribution >= 4 is 47.8 Å². The lowest BCUT2D eigenvalue weighted by Crippen LogP contribution is -2.46. The van der Waals surface area contributed by atoms with E-state index in [1.54, 1.807) is 11.9 Å². The SMILES string of the molecule is CCN(CCNC(=NC)NC1CCC(SC)C1)C(=O)OC(C)(C)C.I. The minimum Gasteiger partial charge on any atom is -0.444 e. The Morgan fingerprint density at radius 1 is 1.36 bits per heavy atom. The van der Waals surface area contributed by atoms with Gasteiger partial charge in [-0.05, 0) is 53.2 Å². The fraction of sp³-hybridized carbons (Fsp3) is 0.882. The first kappa shape index (κ1) is 24.6. The number of nitrogens with one attached hydrogen (secondary N) is 2. The molecule has 2 atom stereocenters. The fourth-order valence-electron chi connectivity index (χ4n) is 2.69. The summed E-state index contributed by atoms with van der Waals surface area (Å²) in [6.45, 7) is 9.46. The van der Waals surface area contributed by atoms with Crippen molar-refractivity contribution in [1.82, 2.24) is 15.5 Å². The maximum Gasteiger partial charge on any atom is 0.410 e. The van der Waals surface area contributed by atoms with E-state index in [-0.39, 0.29) is 30.1 Å². The van der Waals surface area contributed by atoms with E-state index in [0.717, 1.165) is 11.2 Å². The van der Waals surface area contributed by atoms with Crippen LogP contribution in [0.2, 0.25) is 0 Å². The standard InChI is InChI=1S/C17H34N4O2S.HI/c1-7-21(16(22)23-17(2,3)4)11-10-19-15(18-5)20-13-8-9-14(12-13)24-6;/h13-14H,7-12H2,1-6H3,(H2,18,19,20);1H. The van der Waals surface area contributed by atoms with E-state index in [2.05, 4.69) is 21.9 Å². The van der Waals surface area contributed by atoms with Crippen molar-refractivity contribution in [2.45, 2.75) is 63.9 Å². The van der Waals surface area contributed by atoms with Gasteiger partial charge in [-0.3, -0.25) is 4.99 Å². The minimum absolute atomic E-state index is 0. The normalized spacial score (nSPS) is 20.6. The summed E-state index contributed by atoms with van der Waals surface area (Å²) in [5.41, 5.74) is -0.466. The number of likely N-dealkylation sites (N-methyl/N-ethyl adjacent to an activating group) is 1. The van der Waals surface area contributed by atoms with Gasteiger partial charge in [0.2, 0.25) is 0 Å². The van der Waals surface area contributed by atoms with Crippen molar-refractivity contribution in [2.24, 2.45) is 4.99 Å². The Morgan fingerprint density at radius 2 is 2.04 bits per heavy atom. The van der Waals surface area contributed by atoms with E-state index < -0.39 is 5.60 Å². The van der Waals surface area contributed by atoms with Gasteiger partial charge in [-0.25, -0.2) is 4.79 Å². The fourth-order valence-corrected chi connectivity index (χ4v) is 3.48. The zero-order valence-electron chi connectivity index (χ0n) is 16.4. The molecule has 8 heteroatoms. The summed E-state index contributed by atoms with van der Waals surface area (Å²) in [6.07, 6.45) is 5.54. The molecule has 0 bridgehead atoms. The van der Waals surface area contributed by atoms with Gasteiger partial charge in [0.15, 0.2) is 5.96 Å². The second kappa shape index (κ2) is 12.1. The summed E-state index contributed by atoms with van der Waals surface area (Å²) in [5, 5.41) is 7.53. The molecule has 1 fully saturated rings. The number of aliphatic imine (C=N–C) groups is 1. The average molecular weight is 486 g/mol. The number of hydrogen-bond donors (Lipinski definition) is 2. The molecule has 0 aromatic rings. The topological polar surface area (TPSA) is 66.0 Å². The van der Waals surface area contributed by atoms with Crippen molar-refractivity contribution < 1.29 is 9.53 Å². The van der Waals surface area contributed by atoms with Crippen LogP contribution in [-0.4, -0.2) is 66.8 Å². The Bertz CT molecular complexity index is 429. The molecule has 0 aromatic heterocycles. The number of nitrogens with zero attached hydrogens (tertiary/aromatic N) is 2. The summed E-state index contributed by atoms with van der Waals surface area (Å²) in [7, 11) is 1.78. The van der Waals surface area contributed by atoms with Crippen LogP contribution < -0.4 is 10.6 Å². The van der Waals surface area contributed by atoms with Crippen LogP contribution in [0.25, 0.3) is 0 Å². The predicted octanol–water partition coefficient (Wildman–Crippen LogP) is 3.31. The Hall–Kier alpha value is -0.380. The number of carbonyl (C=O) groups is 1. The number of rotatable bonds is 6. The van der Waals surface area contributed by atoms with E-state index in [4.69, 9.17) is 4.74 Å². The predicted molar refractivity (Wildman–Crippen MR) is 118 cm³/mol. The van der Waals surface area contributed by atoms with Gasteiger partial charge < -0.3 is 20.3 Å². The smallest absolute Gasteiger partial charge is 0.410 e. The third-order valence-corrected chi connectivity index (χ3v) is 5.08. The quantitative estimate of drug-likeness (QED) is 0.343. The summed E-state index contributed by atoms with van der Waals surface area (Å²) >= 11 is 1.94.